The van der Waals surface area contributed by atoms with Gasteiger partial charge in [0.15, 0.2) is 6.61 Å². The molecule has 0 saturated heterocycles. The smallest absolute Gasteiger partial charge is 0.258 e. The van der Waals surface area contributed by atoms with E-state index in [2.05, 4.69) is 34.9 Å². The van der Waals surface area contributed by atoms with Gasteiger partial charge >= 0.3 is 0 Å². The molecular weight excluding hydrogens is 400 g/mol. The first-order valence-corrected chi connectivity index (χ1v) is 10.6. The van der Waals surface area contributed by atoms with Crippen molar-refractivity contribution in [3.05, 3.63) is 96.6 Å². The van der Waals surface area contributed by atoms with Gasteiger partial charge in [-0.3, -0.25) is 4.79 Å². The third kappa shape index (κ3) is 6.01. The standard InChI is InChI=1S/C27H26N2O3/c1-20-6-10-25(11-7-20)32-26-14-12-24(13-15-26)31-19-27(30)29-17-16-28-23-9-8-21-4-2-3-5-22(21)18-23/h2-15,18,28H,16-17,19H2,1H3,(H,29,30). The summed E-state index contributed by atoms with van der Waals surface area (Å²) >= 11 is 0. The molecular formula is C27H26N2O3. The topological polar surface area (TPSA) is 59.6 Å². The summed E-state index contributed by atoms with van der Waals surface area (Å²) in [5.41, 5.74) is 2.21. The Bertz CT molecular complexity index is 1170. The molecule has 0 unspecified atom stereocenters. The third-order valence-corrected chi connectivity index (χ3v) is 4.98. The van der Waals surface area contributed by atoms with Crippen molar-refractivity contribution in [2.75, 3.05) is 25.0 Å². The van der Waals surface area contributed by atoms with Gasteiger partial charge in [-0.25, -0.2) is 0 Å². The molecule has 0 saturated carbocycles. The van der Waals surface area contributed by atoms with Crippen LogP contribution >= 0.6 is 0 Å². The molecule has 0 fully saturated rings. The molecule has 5 heteroatoms. The Balaban J connectivity index is 1.16. The summed E-state index contributed by atoms with van der Waals surface area (Å²) in [5, 5.41) is 8.58. The van der Waals surface area contributed by atoms with E-state index in [1.165, 1.54) is 16.3 Å². The second-order valence-electron chi connectivity index (χ2n) is 7.51. The van der Waals surface area contributed by atoms with Crippen LogP contribution < -0.4 is 20.1 Å². The maximum Gasteiger partial charge on any atom is 0.258 e. The van der Waals surface area contributed by atoms with Crippen molar-refractivity contribution in [3.8, 4) is 17.2 Å². The third-order valence-electron chi connectivity index (χ3n) is 4.98. The van der Waals surface area contributed by atoms with Crippen LogP contribution in [0.1, 0.15) is 5.56 Å². The Kier molecular flexibility index (Phi) is 6.88. The Morgan fingerprint density at radius 3 is 2.16 bits per heavy atom. The van der Waals surface area contributed by atoms with Crippen molar-refractivity contribution in [1.82, 2.24) is 5.32 Å². The first-order valence-electron chi connectivity index (χ1n) is 10.6. The molecule has 0 spiro atoms. The lowest BCUT2D eigenvalue weighted by molar-refractivity contribution is -0.123. The van der Waals surface area contributed by atoms with Gasteiger partial charge in [0, 0.05) is 18.8 Å². The van der Waals surface area contributed by atoms with Crippen LogP contribution in [0, 0.1) is 6.92 Å². The highest BCUT2D eigenvalue weighted by molar-refractivity contribution is 5.85. The Morgan fingerprint density at radius 1 is 0.750 bits per heavy atom. The second-order valence-corrected chi connectivity index (χ2v) is 7.51. The van der Waals surface area contributed by atoms with E-state index in [0.29, 0.717) is 24.6 Å². The zero-order chi connectivity index (χ0) is 22.2. The number of hydrogen-bond donors (Lipinski definition) is 2. The number of hydrogen-bond acceptors (Lipinski definition) is 4. The Labute approximate surface area is 188 Å². The fraction of sp³-hybridized carbons (Fsp3) is 0.148. The van der Waals surface area contributed by atoms with Crippen molar-refractivity contribution in [2.45, 2.75) is 6.92 Å². The van der Waals surface area contributed by atoms with Gasteiger partial charge in [0.05, 0.1) is 0 Å². The second kappa shape index (κ2) is 10.4. The normalized spacial score (nSPS) is 10.5. The molecule has 0 aliphatic rings. The molecule has 4 rings (SSSR count). The van der Waals surface area contributed by atoms with E-state index in [1.54, 1.807) is 12.1 Å². The molecule has 162 valence electrons. The van der Waals surface area contributed by atoms with E-state index in [-0.39, 0.29) is 12.5 Å². The van der Waals surface area contributed by atoms with Crippen LogP contribution in [0.4, 0.5) is 5.69 Å². The summed E-state index contributed by atoms with van der Waals surface area (Å²) in [4.78, 5) is 12.0. The van der Waals surface area contributed by atoms with Crippen LogP contribution in [0.15, 0.2) is 91.0 Å². The quantitative estimate of drug-likeness (QED) is 0.345. The molecule has 0 atom stereocenters. The first-order chi connectivity index (χ1) is 15.7. The minimum absolute atomic E-state index is 0.0336. The highest BCUT2D eigenvalue weighted by Crippen LogP contribution is 2.24. The number of carbonyl (C=O) groups excluding carboxylic acids is 1. The summed E-state index contributed by atoms with van der Waals surface area (Å²) in [6.07, 6.45) is 0. The van der Waals surface area contributed by atoms with E-state index in [1.807, 2.05) is 61.5 Å². The van der Waals surface area contributed by atoms with Gasteiger partial charge in [-0.1, -0.05) is 48.0 Å². The lowest BCUT2D eigenvalue weighted by atomic mass is 10.1. The molecule has 0 heterocycles. The van der Waals surface area contributed by atoms with E-state index in [4.69, 9.17) is 9.47 Å². The molecule has 4 aromatic rings. The first kappa shape index (κ1) is 21.2. The van der Waals surface area contributed by atoms with Crippen molar-refractivity contribution in [1.29, 1.82) is 0 Å². The predicted octanol–water partition coefficient (Wildman–Crippen LogP) is 5.55. The molecule has 0 aliphatic heterocycles. The molecule has 0 aromatic heterocycles. The van der Waals surface area contributed by atoms with E-state index in [9.17, 15) is 4.79 Å². The fourth-order valence-electron chi connectivity index (χ4n) is 3.25. The SMILES string of the molecule is Cc1ccc(Oc2ccc(OCC(=O)NCCNc3ccc4ccccc4c3)cc2)cc1. The minimum Gasteiger partial charge on any atom is -0.484 e. The number of aryl methyl sites for hydroxylation is 1. The maximum absolute atomic E-state index is 12.0. The number of nitrogens with one attached hydrogen (secondary N) is 2. The fourth-order valence-corrected chi connectivity index (χ4v) is 3.25. The average Bonchev–Trinajstić information content (AvgIpc) is 2.83. The largest absolute Gasteiger partial charge is 0.484 e. The predicted molar refractivity (Wildman–Crippen MR) is 129 cm³/mol. The summed E-state index contributed by atoms with van der Waals surface area (Å²) < 4.78 is 11.4. The molecule has 0 aliphatic carbocycles. The van der Waals surface area contributed by atoms with E-state index >= 15 is 0 Å². The molecule has 0 radical (unpaired) electrons. The number of ether oxygens (including phenoxy) is 2. The Hall–Kier alpha value is -3.99. The van der Waals surface area contributed by atoms with Gasteiger partial charge in [0.2, 0.25) is 0 Å². The monoisotopic (exact) mass is 426 g/mol. The number of amides is 1. The van der Waals surface area contributed by atoms with E-state index < -0.39 is 0 Å². The number of benzene rings is 4. The van der Waals surface area contributed by atoms with Crippen LogP contribution in [0.2, 0.25) is 0 Å². The van der Waals surface area contributed by atoms with Crippen LogP contribution in [-0.4, -0.2) is 25.6 Å². The number of carbonyl (C=O) groups is 1. The summed E-state index contributed by atoms with van der Waals surface area (Å²) in [6, 6.07) is 29.5. The zero-order valence-corrected chi connectivity index (χ0v) is 18.0. The minimum atomic E-state index is -0.162. The molecule has 4 aromatic carbocycles. The van der Waals surface area contributed by atoms with Crippen molar-refractivity contribution in [2.24, 2.45) is 0 Å². The van der Waals surface area contributed by atoms with Crippen LogP contribution in [0.5, 0.6) is 17.2 Å². The highest BCUT2D eigenvalue weighted by atomic mass is 16.5. The number of anilines is 1. The molecule has 5 nitrogen and oxygen atoms in total. The molecule has 1 amide bonds. The van der Waals surface area contributed by atoms with Crippen LogP contribution in [0.25, 0.3) is 10.8 Å². The van der Waals surface area contributed by atoms with Gasteiger partial charge < -0.3 is 20.1 Å². The summed E-state index contributed by atoms with van der Waals surface area (Å²) in [5.74, 6) is 1.95. The van der Waals surface area contributed by atoms with Crippen molar-refractivity contribution < 1.29 is 14.3 Å². The summed E-state index contributed by atoms with van der Waals surface area (Å²) in [6.45, 7) is 3.15. The Morgan fingerprint density at radius 2 is 1.41 bits per heavy atom. The average molecular weight is 427 g/mol. The lowest BCUT2D eigenvalue weighted by Gasteiger charge is -2.10. The van der Waals surface area contributed by atoms with Gasteiger partial charge in [0.25, 0.3) is 5.91 Å². The van der Waals surface area contributed by atoms with Gasteiger partial charge in [-0.05, 0) is 66.2 Å². The highest BCUT2D eigenvalue weighted by Gasteiger charge is 2.04. The molecule has 0 bridgehead atoms. The molecule has 2 N–H and O–H groups in total. The van der Waals surface area contributed by atoms with Gasteiger partial charge in [-0.15, -0.1) is 0 Å². The van der Waals surface area contributed by atoms with E-state index in [0.717, 1.165) is 11.4 Å². The van der Waals surface area contributed by atoms with Gasteiger partial charge in [0.1, 0.15) is 17.2 Å². The summed E-state index contributed by atoms with van der Waals surface area (Å²) in [7, 11) is 0. The number of fused-ring (bicyclic) bond motifs is 1. The zero-order valence-electron chi connectivity index (χ0n) is 18.0. The van der Waals surface area contributed by atoms with Crippen molar-refractivity contribution >= 4 is 22.4 Å². The lowest BCUT2D eigenvalue weighted by Crippen LogP contribution is -2.32. The van der Waals surface area contributed by atoms with Crippen molar-refractivity contribution in [3.63, 3.8) is 0 Å². The number of rotatable bonds is 9. The van der Waals surface area contributed by atoms with Gasteiger partial charge in [-0.2, -0.15) is 0 Å². The van der Waals surface area contributed by atoms with Crippen LogP contribution in [0.3, 0.4) is 0 Å². The molecule has 32 heavy (non-hydrogen) atoms. The maximum atomic E-state index is 12.0. The van der Waals surface area contributed by atoms with Crippen LogP contribution in [-0.2, 0) is 4.79 Å².